The van der Waals surface area contributed by atoms with Gasteiger partial charge in [0.25, 0.3) is 0 Å². The Balaban J connectivity index is 1.62. The average Bonchev–Trinajstić information content (AvgIpc) is 3.23. The Morgan fingerprint density at radius 1 is 0.935 bits per heavy atom. The lowest BCUT2D eigenvalue weighted by atomic mass is 10.2. The first-order valence-electron chi connectivity index (χ1n) is 9.92. The number of para-hydroxylation sites is 1. The molecule has 5 nitrogen and oxygen atoms in total. The first-order valence-corrected chi connectivity index (χ1v) is 12.4. The molecular weight excluding hydrogens is 428 g/mol. The van der Waals surface area contributed by atoms with Crippen molar-refractivity contribution in [2.24, 2.45) is 0 Å². The Kier molecular flexibility index (Phi) is 6.15. The molecule has 0 radical (unpaired) electrons. The van der Waals surface area contributed by atoms with Gasteiger partial charge in [0, 0.05) is 6.42 Å². The van der Waals surface area contributed by atoms with Crippen LogP contribution in [-0.4, -0.2) is 25.1 Å². The zero-order valence-corrected chi connectivity index (χ0v) is 18.7. The number of rotatable bonds is 7. The van der Waals surface area contributed by atoms with Crippen LogP contribution in [0.4, 0.5) is 5.13 Å². The van der Waals surface area contributed by atoms with Gasteiger partial charge in [0.15, 0.2) is 15.0 Å². The fourth-order valence-corrected chi connectivity index (χ4v) is 5.63. The molecule has 0 saturated carbocycles. The van der Waals surface area contributed by atoms with E-state index < -0.39 is 9.84 Å². The molecule has 0 atom stereocenters. The van der Waals surface area contributed by atoms with Gasteiger partial charge in [-0.25, -0.2) is 13.4 Å². The summed E-state index contributed by atoms with van der Waals surface area (Å²) >= 11 is 1.44. The molecule has 3 aromatic carbocycles. The highest BCUT2D eigenvalue weighted by molar-refractivity contribution is 7.91. The molecule has 1 amide bonds. The van der Waals surface area contributed by atoms with E-state index in [1.54, 1.807) is 35.2 Å². The summed E-state index contributed by atoms with van der Waals surface area (Å²) in [4.78, 5) is 19.7. The normalized spacial score (nSPS) is 11.5. The van der Waals surface area contributed by atoms with Crippen molar-refractivity contribution < 1.29 is 13.2 Å². The molecule has 0 aliphatic carbocycles. The zero-order chi connectivity index (χ0) is 21.8. The highest BCUT2D eigenvalue weighted by Crippen LogP contribution is 2.32. The van der Waals surface area contributed by atoms with Crippen LogP contribution in [-0.2, 0) is 21.2 Å². The van der Waals surface area contributed by atoms with Gasteiger partial charge in [-0.15, -0.1) is 0 Å². The predicted octanol–water partition coefficient (Wildman–Crippen LogP) is 5.00. The summed E-state index contributed by atoms with van der Waals surface area (Å²) in [6.45, 7) is 2.32. The third-order valence-electron chi connectivity index (χ3n) is 5.01. The maximum Gasteiger partial charge on any atom is 0.230 e. The van der Waals surface area contributed by atoms with Crippen molar-refractivity contribution in [1.29, 1.82) is 0 Å². The standard InChI is InChI=1S/C24H22N2O3S2/c1-18-9-8-14-21-23(18)25-24(30-21)26(17-19-10-4-2-5-11-19)22(27)15-16-31(28,29)20-12-6-3-7-13-20/h2-14H,15-17H2,1H3. The van der Waals surface area contributed by atoms with Crippen LogP contribution >= 0.6 is 11.3 Å². The van der Waals surface area contributed by atoms with Gasteiger partial charge in [0.2, 0.25) is 5.91 Å². The maximum atomic E-state index is 13.2. The van der Waals surface area contributed by atoms with Gasteiger partial charge in [-0.05, 0) is 36.2 Å². The summed E-state index contributed by atoms with van der Waals surface area (Å²) in [5, 5.41) is 0.579. The van der Waals surface area contributed by atoms with Gasteiger partial charge in [-0.3, -0.25) is 9.69 Å². The number of sulfone groups is 1. The molecule has 0 saturated heterocycles. The van der Waals surface area contributed by atoms with Gasteiger partial charge in [-0.2, -0.15) is 0 Å². The van der Waals surface area contributed by atoms with Crippen LogP contribution in [0.2, 0.25) is 0 Å². The van der Waals surface area contributed by atoms with E-state index in [0.717, 1.165) is 21.3 Å². The van der Waals surface area contributed by atoms with Gasteiger partial charge in [-0.1, -0.05) is 72.0 Å². The number of amides is 1. The lowest BCUT2D eigenvalue weighted by Gasteiger charge is -2.20. The smallest absolute Gasteiger partial charge is 0.230 e. The fraction of sp³-hybridized carbons (Fsp3) is 0.167. The largest absolute Gasteiger partial charge is 0.284 e. The number of fused-ring (bicyclic) bond motifs is 1. The van der Waals surface area contributed by atoms with Crippen molar-refractivity contribution in [3.8, 4) is 0 Å². The molecule has 4 aromatic rings. The number of aromatic nitrogens is 1. The molecule has 158 valence electrons. The minimum atomic E-state index is -3.54. The maximum absolute atomic E-state index is 13.2. The van der Waals surface area contributed by atoms with Gasteiger partial charge in [0.1, 0.15) is 0 Å². The molecule has 1 aromatic heterocycles. The Morgan fingerprint density at radius 3 is 2.29 bits per heavy atom. The fourth-order valence-electron chi connectivity index (χ4n) is 3.32. The van der Waals surface area contributed by atoms with E-state index in [0.29, 0.717) is 11.7 Å². The van der Waals surface area contributed by atoms with E-state index in [1.807, 2.05) is 55.5 Å². The van der Waals surface area contributed by atoms with Gasteiger partial charge in [0.05, 0.1) is 27.4 Å². The Morgan fingerprint density at radius 2 is 1.61 bits per heavy atom. The van der Waals surface area contributed by atoms with E-state index in [1.165, 1.54) is 11.3 Å². The van der Waals surface area contributed by atoms with Crippen LogP contribution < -0.4 is 4.90 Å². The Labute approximate surface area is 185 Å². The van der Waals surface area contributed by atoms with E-state index >= 15 is 0 Å². The molecule has 0 aliphatic rings. The van der Waals surface area contributed by atoms with Crippen molar-refractivity contribution in [3.63, 3.8) is 0 Å². The number of carbonyl (C=O) groups excluding carboxylic acids is 1. The molecule has 1 heterocycles. The highest BCUT2D eigenvalue weighted by Gasteiger charge is 2.23. The lowest BCUT2D eigenvalue weighted by molar-refractivity contribution is -0.118. The topological polar surface area (TPSA) is 67.3 Å². The summed E-state index contributed by atoms with van der Waals surface area (Å²) in [5.74, 6) is -0.509. The number of benzene rings is 3. The highest BCUT2D eigenvalue weighted by atomic mass is 32.2. The molecule has 31 heavy (non-hydrogen) atoms. The summed E-state index contributed by atoms with van der Waals surface area (Å²) < 4.78 is 26.3. The van der Waals surface area contributed by atoms with Crippen LogP contribution in [0.1, 0.15) is 17.5 Å². The quantitative estimate of drug-likeness (QED) is 0.397. The first-order chi connectivity index (χ1) is 14.9. The minimum absolute atomic E-state index is 0.112. The number of hydrogen-bond acceptors (Lipinski definition) is 5. The van der Waals surface area contributed by atoms with Crippen molar-refractivity contribution in [3.05, 3.63) is 90.0 Å². The number of hydrogen-bond donors (Lipinski definition) is 0. The van der Waals surface area contributed by atoms with Crippen molar-refractivity contribution in [2.45, 2.75) is 24.8 Å². The SMILES string of the molecule is Cc1cccc2sc(N(Cc3ccccc3)C(=O)CCS(=O)(=O)c3ccccc3)nc12. The summed E-state index contributed by atoms with van der Waals surface area (Å²) in [7, 11) is -3.54. The second kappa shape index (κ2) is 8.99. The molecule has 0 spiro atoms. The summed E-state index contributed by atoms with van der Waals surface area (Å²) in [6.07, 6.45) is -0.112. The molecule has 0 unspecified atom stereocenters. The molecule has 0 N–H and O–H groups in total. The van der Waals surface area contributed by atoms with Crippen LogP contribution in [0.5, 0.6) is 0 Å². The van der Waals surface area contributed by atoms with E-state index in [9.17, 15) is 13.2 Å². The number of anilines is 1. The molecule has 7 heteroatoms. The summed E-state index contributed by atoms with van der Waals surface area (Å²) in [5.41, 5.74) is 2.86. The van der Waals surface area contributed by atoms with E-state index in [4.69, 9.17) is 4.98 Å². The van der Waals surface area contributed by atoms with Gasteiger partial charge < -0.3 is 0 Å². The van der Waals surface area contributed by atoms with E-state index in [-0.39, 0.29) is 23.0 Å². The number of nitrogens with zero attached hydrogens (tertiary/aromatic N) is 2. The molecule has 0 fully saturated rings. The number of carbonyl (C=O) groups is 1. The Bertz CT molecular complexity index is 1300. The predicted molar refractivity (Wildman–Crippen MR) is 125 cm³/mol. The van der Waals surface area contributed by atoms with Crippen LogP contribution in [0, 0.1) is 6.92 Å². The average molecular weight is 451 g/mol. The van der Waals surface area contributed by atoms with Crippen molar-refractivity contribution in [2.75, 3.05) is 10.7 Å². The molecule has 4 rings (SSSR count). The minimum Gasteiger partial charge on any atom is -0.284 e. The monoisotopic (exact) mass is 450 g/mol. The Hall–Kier alpha value is -3.03. The first kappa shape index (κ1) is 21.2. The second-order valence-corrected chi connectivity index (χ2v) is 10.4. The summed E-state index contributed by atoms with van der Waals surface area (Å²) in [6, 6.07) is 23.8. The number of thiazole rings is 1. The zero-order valence-electron chi connectivity index (χ0n) is 17.1. The van der Waals surface area contributed by atoms with Crippen LogP contribution in [0.3, 0.4) is 0 Å². The lowest BCUT2D eigenvalue weighted by Crippen LogP contribution is -2.31. The number of aryl methyl sites for hydroxylation is 1. The van der Waals surface area contributed by atoms with Crippen LogP contribution in [0.25, 0.3) is 10.2 Å². The third kappa shape index (κ3) is 4.84. The second-order valence-electron chi connectivity index (χ2n) is 7.27. The molecule has 0 bridgehead atoms. The van der Waals surface area contributed by atoms with E-state index in [2.05, 4.69) is 0 Å². The van der Waals surface area contributed by atoms with Crippen molar-refractivity contribution in [1.82, 2.24) is 4.98 Å². The molecular formula is C24H22N2O3S2. The van der Waals surface area contributed by atoms with Crippen LogP contribution in [0.15, 0.2) is 83.8 Å². The molecule has 0 aliphatic heterocycles. The third-order valence-corrected chi connectivity index (χ3v) is 7.79. The van der Waals surface area contributed by atoms with Gasteiger partial charge >= 0.3 is 0 Å². The van der Waals surface area contributed by atoms with Crippen molar-refractivity contribution >= 4 is 42.4 Å².